The number of nitriles is 1. The van der Waals surface area contributed by atoms with Crippen LogP contribution < -0.4 is 4.90 Å². The van der Waals surface area contributed by atoms with Crippen molar-refractivity contribution in [1.82, 2.24) is 4.98 Å². The molecular weight excluding hydrogens is 278 g/mol. The Kier molecular flexibility index (Phi) is 3.36. The van der Waals surface area contributed by atoms with Crippen molar-refractivity contribution < 1.29 is 9.53 Å². The highest BCUT2D eigenvalue weighted by Gasteiger charge is 2.41. The molecule has 2 aliphatic rings. The lowest BCUT2D eigenvalue weighted by Gasteiger charge is -2.34. The first-order valence-electron chi connectivity index (χ1n) is 7.77. The second-order valence-electron chi connectivity index (χ2n) is 7.09. The summed E-state index contributed by atoms with van der Waals surface area (Å²) < 4.78 is 5.44. The Labute approximate surface area is 130 Å². The molecule has 0 N–H and O–H groups in total. The Hall–Kier alpha value is -2.09. The van der Waals surface area contributed by atoms with Crippen LogP contribution in [0, 0.1) is 11.3 Å². The van der Waals surface area contributed by atoms with E-state index in [1.54, 1.807) is 4.90 Å². The third kappa shape index (κ3) is 2.43. The van der Waals surface area contributed by atoms with Crippen molar-refractivity contribution in [3.63, 3.8) is 0 Å². The van der Waals surface area contributed by atoms with Crippen molar-refractivity contribution >= 4 is 11.8 Å². The van der Waals surface area contributed by atoms with E-state index in [9.17, 15) is 10.1 Å². The van der Waals surface area contributed by atoms with Crippen LogP contribution in [0.1, 0.15) is 51.4 Å². The van der Waals surface area contributed by atoms with Crippen molar-refractivity contribution in [2.24, 2.45) is 0 Å². The smallest absolute Gasteiger partial charge is 0.414 e. The van der Waals surface area contributed by atoms with E-state index in [4.69, 9.17) is 4.74 Å². The zero-order valence-electron chi connectivity index (χ0n) is 13.3. The number of rotatable bonds is 1. The molecule has 0 bridgehead atoms. The molecule has 0 unspecified atom stereocenters. The van der Waals surface area contributed by atoms with E-state index in [1.807, 2.05) is 32.9 Å². The van der Waals surface area contributed by atoms with Gasteiger partial charge in [0.05, 0.1) is 28.6 Å². The quantitative estimate of drug-likeness (QED) is 0.797. The molecule has 0 radical (unpaired) electrons. The number of hydrogen-bond donors (Lipinski definition) is 0. The number of carbonyl (C=O) groups is 1. The number of hydrogen-bond acceptors (Lipinski definition) is 4. The van der Waals surface area contributed by atoms with E-state index in [-0.39, 0.29) is 6.09 Å². The van der Waals surface area contributed by atoms with E-state index >= 15 is 0 Å². The minimum Gasteiger partial charge on any atom is -0.443 e. The summed E-state index contributed by atoms with van der Waals surface area (Å²) in [6.07, 6.45) is 3.22. The molecule has 5 nitrogen and oxygen atoms in total. The molecule has 3 rings (SSSR count). The maximum absolute atomic E-state index is 12.3. The number of nitrogens with zero attached hydrogens (tertiary/aromatic N) is 3. The van der Waals surface area contributed by atoms with E-state index < -0.39 is 11.0 Å². The van der Waals surface area contributed by atoms with Crippen LogP contribution in [0.3, 0.4) is 0 Å². The van der Waals surface area contributed by atoms with Crippen molar-refractivity contribution in [3.05, 3.63) is 23.5 Å². The van der Waals surface area contributed by atoms with Gasteiger partial charge in [0.2, 0.25) is 0 Å². The van der Waals surface area contributed by atoms with Crippen LogP contribution in [0.4, 0.5) is 10.5 Å². The summed E-state index contributed by atoms with van der Waals surface area (Å²) in [5.41, 5.74) is 1.64. The summed E-state index contributed by atoms with van der Waals surface area (Å²) in [6, 6.07) is 6.22. The fourth-order valence-corrected chi connectivity index (χ4v) is 2.99. The van der Waals surface area contributed by atoms with Gasteiger partial charge < -0.3 is 4.74 Å². The zero-order chi connectivity index (χ0) is 16.0. The predicted octanol–water partition coefficient (Wildman–Crippen LogP) is 3.32. The molecule has 0 atom stereocenters. The minimum absolute atomic E-state index is 0.334. The number of aromatic nitrogens is 1. The maximum atomic E-state index is 12.3. The molecule has 1 saturated carbocycles. The molecule has 0 saturated heterocycles. The van der Waals surface area contributed by atoms with Gasteiger partial charge in [-0.3, -0.25) is 9.88 Å². The largest absolute Gasteiger partial charge is 0.443 e. The van der Waals surface area contributed by atoms with Crippen LogP contribution >= 0.6 is 0 Å². The molecule has 5 heteroatoms. The average Bonchev–Trinajstić information content (AvgIpc) is 2.79. The van der Waals surface area contributed by atoms with Crippen LogP contribution in [-0.2, 0) is 16.6 Å². The van der Waals surface area contributed by atoms with Gasteiger partial charge in [-0.25, -0.2) is 4.79 Å². The first-order valence-corrected chi connectivity index (χ1v) is 7.77. The first kappa shape index (κ1) is 14.8. The molecule has 1 amide bonds. The molecule has 2 heterocycles. The van der Waals surface area contributed by atoms with Gasteiger partial charge in [-0.05, 0) is 52.2 Å². The third-order valence-corrected chi connectivity index (χ3v) is 4.34. The summed E-state index contributed by atoms with van der Waals surface area (Å²) in [5, 5.41) is 9.43. The average molecular weight is 299 g/mol. The first-order chi connectivity index (χ1) is 10.3. The van der Waals surface area contributed by atoms with Crippen molar-refractivity contribution in [2.45, 2.75) is 57.5 Å². The third-order valence-electron chi connectivity index (χ3n) is 4.34. The monoisotopic (exact) mass is 299 g/mol. The molecular formula is C17H21N3O2. The molecule has 1 aliphatic heterocycles. The highest BCUT2D eigenvalue weighted by molar-refractivity contribution is 5.90. The highest BCUT2D eigenvalue weighted by atomic mass is 16.6. The van der Waals surface area contributed by atoms with Crippen molar-refractivity contribution in [3.8, 4) is 6.07 Å². The van der Waals surface area contributed by atoms with Gasteiger partial charge in [-0.1, -0.05) is 0 Å². The van der Waals surface area contributed by atoms with Crippen LogP contribution in [0.2, 0.25) is 0 Å². The van der Waals surface area contributed by atoms with E-state index in [1.165, 1.54) is 0 Å². The molecule has 1 aliphatic carbocycles. The Morgan fingerprint density at radius 1 is 1.41 bits per heavy atom. The van der Waals surface area contributed by atoms with Gasteiger partial charge in [-0.2, -0.15) is 5.26 Å². The van der Waals surface area contributed by atoms with Gasteiger partial charge in [-0.15, -0.1) is 0 Å². The van der Waals surface area contributed by atoms with Crippen molar-refractivity contribution in [1.29, 1.82) is 5.26 Å². The lowest BCUT2D eigenvalue weighted by molar-refractivity contribution is 0.0584. The van der Waals surface area contributed by atoms with Gasteiger partial charge in [0.15, 0.2) is 0 Å². The fraction of sp³-hybridized carbons (Fsp3) is 0.588. The topological polar surface area (TPSA) is 66.2 Å². The Morgan fingerprint density at radius 3 is 2.68 bits per heavy atom. The molecule has 116 valence electrons. The van der Waals surface area contributed by atoms with Gasteiger partial charge in [0, 0.05) is 13.0 Å². The Bertz CT molecular complexity index is 651. The summed E-state index contributed by atoms with van der Waals surface area (Å²) >= 11 is 0. The maximum Gasteiger partial charge on any atom is 0.414 e. The Morgan fingerprint density at radius 2 is 2.14 bits per heavy atom. The van der Waals surface area contributed by atoms with Gasteiger partial charge in [0.1, 0.15) is 5.60 Å². The van der Waals surface area contributed by atoms with Gasteiger partial charge in [0.25, 0.3) is 0 Å². The number of carbonyl (C=O) groups excluding carboxylic acids is 1. The standard InChI is InChI=1S/C17H21N3O2/c1-16(2,3)22-15(21)20-10-7-12-13(20)5-6-14(19-12)17(11-18)8-4-9-17/h5-6H,4,7-10H2,1-3H3. The molecule has 1 fully saturated rings. The second kappa shape index (κ2) is 4.98. The molecule has 1 aromatic rings. The Balaban J connectivity index is 1.85. The fourth-order valence-electron chi connectivity index (χ4n) is 2.99. The lowest BCUT2D eigenvalue weighted by Crippen LogP contribution is -2.36. The van der Waals surface area contributed by atoms with Crippen molar-refractivity contribution in [2.75, 3.05) is 11.4 Å². The van der Waals surface area contributed by atoms with Crippen LogP contribution in [0.15, 0.2) is 12.1 Å². The summed E-state index contributed by atoms with van der Waals surface area (Å²) in [6.45, 7) is 6.16. The van der Waals surface area contributed by atoms with Crippen LogP contribution in [0.25, 0.3) is 0 Å². The summed E-state index contributed by atoms with van der Waals surface area (Å²) in [7, 11) is 0. The minimum atomic E-state index is -0.510. The summed E-state index contributed by atoms with van der Waals surface area (Å²) in [4.78, 5) is 18.6. The number of ether oxygens (including phenoxy) is 1. The summed E-state index contributed by atoms with van der Waals surface area (Å²) in [5.74, 6) is 0. The van der Waals surface area contributed by atoms with Crippen LogP contribution in [0.5, 0.6) is 0 Å². The number of pyridine rings is 1. The highest BCUT2D eigenvalue weighted by Crippen LogP contribution is 2.43. The number of anilines is 1. The van der Waals surface area contributed by atoms with E-state index in [0.717, 1.165) is 36.3 Å². The number of amides is 1. The molecule has 0 spiro atoms. The molecule has 1 aromatic heterocycles. The lowest BCUT2D eigenvalue weighted by atomic mass is 9.67. The predicted molar refractivity (Wildman–Crippen MR) is 82.7 cm³/mol. The SMILES string of the molecule is CC(C)(C)OC(=O)N1CCc2nc(C3(C#N)CCC3)ccc21. The number of fused-ring (bicyclic) bond motifs is 1. The van der Waals surface area contributed by atoms with Gasteiger partial charge >= 0.3 is 6.09 Å². The normalized spacial score (nSPS) is 19.1. The zero-order valence-corrected chi connectivity index (χ0v) is 13.3. The van der Waals surface area contributed by atoms with E-state index in [2.05, 4.69) is 11.1 Å². The molecule has 22 heavy (non-hydrogen) atoms. The van der Waals surface area contributed by atoms with E-state index in [0.29, 0.717) is 13.0 Å². The molecule has 0 aromatic carbocycles. The second-order valence-corrected chi connectivity index (χ2v) is 7.09. The van der Waals surface area contributed by atoms with Crippen LogP contribution in [-0.4, -0.2) is 23.2 Å².